The van der Waals surface area contributed by atoms with Gasteiger partial charge in [-0.15, -0.1) is 5.10 Å². The van der Waals surface area contributed by atoms with Crippen LogP contribution in [0.5, 0.6) is 0 Å². The molecule has 0 aromatic rings. The SMILES string of the molecule is C=C/C(F)=C(/O[C@H](C)C(F)(F)F)N(C)/N=C(\C=N/C)NN. The fraction of sp³-hybridized carbons (Fsp3) is 0.455. The summed E-state index contributed by atoms with van der Waals surface area (Å²) < 4.78 is 55.6. The molecule has 0 spiro atoms. The van der Waals surface area contributed by atoms with Crippen molar-refractivity contribution in [3.05, 3.63) is 24.4 Å². The van der Waals surface area contributed by atoms with E-state index in [0.717, 1.165) is 11.9 Å². The quantitative estimate of drug-likeness (QED) is 0.149. The molecule has 6 nitrogen and oxygen atoms in total. The van der Waals surface area contributed by atoms with Crippen molar-refractivity contribution < 1.29 is 22.3 Å². The predicted molar refractivity (Wildman–Crippen MR) is 71.9 cm³/mol. The molecule has 10 heteroatoms. The van der Waals surface area contributed by atoms with Gasteiger partial charge in [0.15, 0.2) is 17.8 Å². The largest absolute Gasteiger partial charge is 0.463 e. The van der Waals surface area contributed by atoms with E-state index in [1.54, 1.807) is 0 Å². The summed E-state index contributed by atoms with van der Waals surface area (Å²) >= 11 is 0. The Bertz CT molecular complexity index is 444. The van der Waals surface area contributed by atoms with Crippen LogP contribution in [0, 0.1) is 0 Å². The van der Waals surface area contributed by atoms with E-state index in [0.29, 0.717) is 6.08 Å². The molecule has 0 aliphatic carbocycles. The minimum Gasteiger partial charge on any atom is -0.463 e. The van der Waals surface area contributed by atoms with Gasteiger partial charge in [-0.2, -0.15) is 13.2 Å². The van der Waals surface area contributed by atoms with Crippen LogP contribution in [0.25, 0.3) is 0 Å². The summed E-state index contributed by atoms with van der Waals surface area (Å²) in [6, 6.07) is 0. The fourth-order valence-corrected chi connectivity index (χ4v) is 1.03. The van der Waals surface area contributed by atoms with E-state index in [9.17, 15) is 17.6 Å². The van der Waals surface area contributed by atoms with Crippen molar-refractivity contribution in [1.82, 2.24) is 10.4 Å². The van der Waals surface area contributed by atoms with Gasteiger partial charge in [0.25, 0.3) is 0 Å². The van der Waals surface area contributed by atoms with Gasteiger partial charge >= 0.3 is 6.18 Å². The number of hydrogen-bond acceptors (Lipinski definition) is 5. The summed E-state index contributed by atoms with van der Waals surface area (Å²) in [5, 5.41) is 4.46. The van der Waals surface area contributed by atoms with E-state index in [1.165, 1.54) is 20.3 Å². The van der Waals surface area contributed by atoms with Crippen LogP contribution in [0.4, 0.5) is 17.6 Å². The molecule has 21 heavy (non-hydrogen) atoms. The van der Waals surface area contributed by atoms with Gasteiger partial charge in [0, 0.05) is 14.1 Å². The van der Waals surface area contributed by atoms with Crippen molar-refractivity contribution in [3.8, 4) is 0 Å². The van der Waals surface area contributed by atoms with Gasteiger partial charge < -0.3 is 10.2 Å². The molecule has 0 unspecified atom stereocenters. The number of amidine groups is 1. The number of alkyl halides is 3. The number of halogens is 4. The minimum atomic E-state index is -4.66. The predicted octanol–water partition coefficient (Wildman–Crippen LogP) is 1.69. The van der Waals surface area contributed by atoms with Crippen molar-refractivity contribution in [1.29, 1.82) is 0 Å². The number of nitrogens with one attached hydrogen (secondary N) is 1. The highest BCUT2D eigenvalue weighted by atomic mass is 19.4. The molecule has 0 aromatic heterocycles. The molecule has 0 heterocycles. The van der Waals surface area contributed by atoms with Crippen molar-refractivity contribution in [2.24, 2.45) is 15.9 Å². The van der Waals surface area contributed by atoms with Crippen molar-refractivity contribution in [2.45, 2.75) is 19.2 Å². The third-order valence-electron chi connectivity index (χ3n) is 2.08. The lowest BCUT2D eigenvalue weighted by atomic mass is 10.4. The lowest BCUT2D eigenvalue weighted by Gasteiger charge is -2.24. The molecule has 120 valence electrons. The first-order chi connectivity index (χ1) is 9.67. The van der Waals surface area contributed by atoms with Gasteiger partial charge in [0.2, 0.25) is 5.88 Å². The van der Waals surface area contributed by atoms with Gasteiger partial charge in [-0.1, -0.05) is 6.58 Å². The molecular weight excluding hydrogens is 294 g/mol. The number of ether oxygens (including phenoxy) is 1. The zero-order valence-corrected chi connectivity index (χ0v) is 11.8. The molecule has 0 saturated carbocycles. The van der Waals surface area contributed by atoms with Gasteiger partial charge in [-0.05, 0) is 13.0 Å². The first kappa shape index (κ1) is 18.9. The van der Waals surface area contributed by atoms with Gasteiger partial charge in [-0.25, -0.2) is 15.2 Å². The van der Waals surface area contributed by atoms with E-state index < -0.39 is 24.0 Å². The van der Waals surface area contributed by atoms with E-state index in [4.69, 9.17) is 5.84 Å². The zero-order valence-electron chi connectivity index (χ0n) is 11.8. The second-order valence-electron chi connectivity index (χ2n) is 3.70. The Labute approximate surface area is 119 Å². The van der Waals surface area contributed by atoms with Crippen LogP contribution in [0.1, 0.15) is 6.92 Å². The Morgan fingerprint density at radius 3 is 2.43 bits per heavy atom. The number of hydrogen-bond donors (Lipinski definition) is 2. The highest BCUT2D eigenvalue weighted by molar-refractivity contribution is 6.29. The van der Waals surface area contributed by atoms with E-state index in [2.05, 4.69) is 26.8 Å². The molecule has 0 rings (SSSR count). The number of hydrazine groups is 1. The second kappa shape index (κ2) is 8.25. The number of aliphatic imine (C=N–C) groups is 1. The average Bonchev–Trinajstić information content (AvgIpc) is 2.41. The van der Waals surface area contributed by atoms with Crippen LogP contribution >= 0.6 is 0 Å². The molecule has 1 atom stereocenters. The molecule has 0 bridgehead atoms. The van der Waals surface area contributed by atoms with Crippen molar-refractivity contribution >= 4 is 12.1 Å². The summed E-state index contributed by atoms with van der Waals surface area (Å²) in [6.45, 7) is 3.87. The van der Waals surface area contributed by atoms with E-state index in [-0.39, 0.29) is 5.84 Å². The molecule has 0 aliphatic heterocycles. The first-order valence-electron chi connectivity index (χ1n) is 5.64. The summed E-state index contributed by atoms with van der Waals surface area (Å²) in [5.74, 6) is 3.25. The normalized spacial score (nSPS) is 15.5. The molecular formula is C11H17F4N5O. The molecule has 0 radical (unpaired) electrons. The van der Waals surface area contributed by atoms with Crippen molar-refractivity contribution in [2.75, 3.05) is 14.1 Å². The Balaban J connectivity index is 5.42. The topological polar surface area (TPSA) is 75.2 Å². The minimum absolute atomic E-state index is 0.0161. The van der Waals surface area contributed by atoms with Crippen LogP contribution in [0.2, 0.25) is 0 Å². The van der Waals surface area contributed by atoms with Crippen LogP contribution in [-0.4, -0.2) is 43.4 Å². The summed E-state index contributed by atoms with van der Waals surface area (Å²) in [6.07, 6.45) is -5.00. The number of nitrogens with two attached hydrogens (primary N) is 1. The van der Waals surface area contributed by atoms with Crippen molar-refractivity contribution in [3.63, 3.8) is 0 Å². The third kappa shape index (κ3) is 6.25. The number of hydrazone groups is 1. The molecule has 3 N–H and O–H groups in total. The lowest BCUT2D eigenvalue weighted by Crippen LogP contribution is -2.35. The van der Waals surface area contributed by atoms with E-state index in [1.807, 2.05) is 0 Å². The van der Waals surface area contributed by atoms with Gasteiger partial charge in [0.1, 0.15) is 0 Å². The smallest absolute Gasteiger partial charge is 0.425 e. The average molecular weight is 311 g/mol. The monoisotopic (exact) mass is 311 g/mol. The maximum atomic E-state index is 13.6. The summed E-state index contributed by atoms with van der Waals surface area (Å²) in [4.78, 5) is 3.61. The molecule has 0 aliphatic rings. The van der Waals surface area contributed by atoms with E-state index >= 15 is 0 Å². The van der Waals surface area contributed by atoms with Crippen LogP contribution in [-0.2, 0) is 4.74 Å². The fourth-order valence-electron chi connectivity index (χ4n) is 1.03. The van der Waals surface area contributed by atoms with Gasteiger partial charge in [0.05, 0.1) is 6.21 Å². The first-order valence-corrected chi connectivity index (χ1v) is 5.64. The Hall–Kier alpha value is -2.10. The maximum Gasteiger partial charge on any atom is 0.425 e. The Morgan fingerprint density at radius 2 is 2.05 bits per heavy atom. The number of nitrogens with zero attached hydrogens (tertiary/aromatic N) is 3. The standard InChI is InChI=1S/C11H17F4N5O/c1-5-8(12)10(21-7(2)11(13,14)15)20(4)19-9(18-16)6-17-3/h5-7H,1,16H2,2-4H3,(H,18,19)/b10-8-,17-6-/t7-/m1/s1. The third-order valence-corrected chi connectivity index (χ3v) is 2.08. The van der Waals surface area contributed by atoms with Gasteiger partial charge in [-0.3, -0.25) is 4.99 Å². The molecule has 0 aromatic carbocycles. The lowest BCUT2D eigenvalue weighted by molar-refractivity contribution is -0.209. The second-order valence-corrected chi connectivity index (χ2v) is 3.70. The molecule has 0 fully saturated rings. The summed E-state index contributed by atoms with van der Waals surface area (Å²) in [7, 11) is 2.61. The van der Waals surface area contributed by atoms with Crippen LogP contribution in [0.15, 0.2) is 34.5 Å². The molecule has 0 saturated heterocycles. The molecule has 0 amide bonds. The highest BCUT2D eigenvalue weighted by Gasteiger charge is 2.39. The van der Waals surface area contributed by atoms with Crippen LogP contribution in [0.3, 0.4) is 0 Å². The number of rotatable bonds is 6. The highest BCUT2D eigenvalue weighted by Crippen LogP contribution is 2.26. The zero-order chi connectivity index (χ0) is 16.6. The Kier molecular flexibility index (Phi) is 7.42. The maximum absolute atomic E-state index is 13.6. The van der Waals surface area contributed by atoms with Crippen LogP contribution < -0.4 is 11.3 Å². The number of allylic oxidation sites excluding steroid dienone is 2. The summed E-state index contributed by atoms with van der Waals surface area (Å²) in [5.41, 5.74) is 2.14. The Morgan fingerprint density at radius 1 is 1.48 bits per heavy atom.